The minimum absolute atomic E-state index is 0.0545. The van der Waals surface area contributed by atoms with E-state index < -0.39 is 9.84 Å². The zero-order chi connectivity index (χ0) is 24.1. The van der Waals surface area contributed by atoms with Crippen molar-refractivity contribution >= 4 is 9.84 Å². The van der Waals surface area contributed by atoms with Gasteiger partial charge in [0.25, 0.3) is 0 Å². The molecule has 0 radical (unpaired) electrons. The first kappa shape index (κ1) is 26.2. The monoisotopic (exact) mass is 463 g/mol. The number of ether oxygens (including phenoxy) is 1. The third-order valence-corrected chi connectivity index (χ3v) is 6.92. The number of phenols is 1. The number of fused-ring (bicyclic) bond motifs is 1. The lowest BCUT2D eigenvalue weighted by molar-refractivity contribution is 0.109. The molecule has 1 heterocycles. The van der Waals surface area contributed by atoms with Gasteiger partial charge in [-0.25, -0.2) is 8.42 Å². The van der Waals surface area contributed by atoms with Crippen molar-refractivity contribution in [2.24, 2.45) is 5.92 Å². The van der Waals surface area contributed by atoms with Gasteiger partial charge in [0.05, 0.1) is 11.5 Å². The molecule has 32 heavy (non-hydrogen) atoms. The van der Waals surface area contributed by atoms with Gasteiger partial charge in [-0.15, -0.1) is 0 Å². The molecule has 3 rings (SSSR count). The number of nitrogens with zero attached hydrogens (tertiary/aromatic N) is 1. The van der Waals surface area contributed by atoms with E-state index in [1.54, 1.807) is 12.1 Å². The van der Waals surface area contributed by atoms with Crippen molar-refractivity contribution in [2.75, 3.05) is 20.0 Å². The molecule has 0 aliphatic carbocycles. The molecule has 2 N–H and O–H groups in total. The van der Waals surface area contributed by atoms with E-state index in [9.17, 15) is 13.5 Å². The Hall–Kier alpha value is -2.09. The SMILES string of the molecule is CC(C)COc1cc(CCC(C)(C)N2Cc3ccc(S(C)(=O)=O)cc3C2)ccc1O.CO. The lowest BCUT2D eigenvalue weighted by Crippen LogP contribution is -2.40. The molecule has 1 aliphatic rings. The van der Waals surface area contributed by atoms with E-state index in [0.717, 1.165) is 44.2 Å². The van der Waals surface area contributed by atoms with Gasteiger partial charge in [-0.2, -0.15) is 0 Å². The van der Waals surface area contributed by atoms with Crippen LogP contribution in [-0.4, -0.2) is 49.0 Å². The molecule has 2 aromatic rings. The molecule has 0 saturated heterocycles. The summed E-state index contributed by atoms with van der Waals surface area (Å²) in [6, 6.07) is 11.1. The summed E-state index contributed by atoms with van der Waals surface area (Å²) in [6.45, 7) is 10.8. The van der Waals surface area contributed by atoms with Crippen molar-refractivity contribution < 1.29 is 23.4 Å². The highest BCUT2D eigenvalue weighted by Gasteiger charge is 2.32. The number of aryl methyl sites for hydroxylation is 1. The predicted molar refractivity (Wildman–Crippen MR) is 128 cm³/mol. The number of benzene rings is 2. The minimum atomic E-state index is -3.19. The number of aliphatic hydroxyl groups is 1. The van der Waals surface area contributed by atoms with Crippen LogP contribution in [0.4, 0.5) is 0 Å². The fourth-order valence-corrected chi connectivity index (χ4v) is 4.40. The van der Waals surface area contributed by atoms with Gasteiger partial charge in [0.15, 0.2) is 21.3 Å². The number of hydrogen-bond acceptors (Lipinski definition) is 6. The summed E-state index contributed by atoms with van der Waals surface area (Å²) < 4.78 is 29.5. The molecule has 178 valence electrons. The molecule has 6 nitrogen and oxygen atoms in total. The van der Waals surface area contributed by atoms with Crippen LogP contribution in [0.2, 0.25) is 0 Å². The van der Waals surface area contributed by atoms with Crippen LogP contribution < -0.4 is 4.74 Å². The van der Waals surface area contributed by atoms with Gasteiger partial charge in [0.1, 0.15) is 0 Å². The van der Waals surface area contributed by atoms with Crippen molar-refractivity contribution in [2.45, 2.75) is 64.1 Å². The van der Waals surface area contributed by atoms with Crippen molar-refractivity contribution in [3.63, 3.8) is 0 Å². The summed E-state index contributed by atoms with van der Waals surface area (Å²) in [7, 11) is -2.19. The quantitative estimate of drug-likeness (QED) is 0.611. The van der Waals surface area contributed by atoms with Gasteiger partial charge in [0, 0.05) is 32.0 Å². The Labute approximate surface area is 192 Å². The van der Waals surface area contributed by atoms with Crippen molar-refractivity contribution in [3.8, 4) is 11.5 Å². The van der Waals surface area contributed by atoms with Crippen LogP contribution in [-0.2, 0) is 29.3 Å². The molecule has 1 aliphatic heterocycles. The van der Waals surface area contributed by atoms with Crippen molar-refractivity contribution in [3.05, 3.63) is 53.1 Å². The molecule has 0 fully saturated rings. The second kappa shape index (κ2) is 10.7. The Morgan fingerprint density at radius 1 is 1.06 bits per heavy atom. The fraction of sp³-hybridized carbons (Fsp3) is 0.520. The molecule has 0 aromatic heterocycles. The second-order valence-electron chi connectivity index (χ2n) is 9.38. The molecular weight excluding hydrogens is 426 g/mol. The number of aliphatic hydroxyl groups excluding tert-OH is 1. The van der Waals surface area contributed by atoms with E-state index in [2.05, 4.69) is 32.6 Å². The Morgan fingerprint density at radius 2 is 1.72 bits per heavy atom. The average Bonchev–Trinajstić information content (AvgIpc) is 3.17. The van der Waals surface area contributed by atoms with Gasteiger partial charge in [-0.05, 0) is 73.6 Å². The summed E-state index contributed by atoms with van der Waals surface area (Å²) in [5, 5.41) is 17.1. The predicted octanol–water partition coefficient (Wildman–Crippen LogP) is 4.17. The third-order valence-electron chi connectivity index (χ3n) is 5.81. The number of phenolic OH excluding ortho intramolecular Hbond substituents is 1. The molecule has 0 spiro atoms. The van der Waals surface area contributed by atoms with Crippen LogP contribution in [0.5, 0.6) is 11.5 Å². The van der Waals surface area contributed by atoms with Crippen LogP contribution >= 0.6 is 0 Å². The number of aromatic hydroxyl groups is 1. The molecule has 0 bridgehead atoms. The van der Waals surface area contributed by atoms with Gasteiger partial charge in [-0.3, -0.25) is 4.90 Å². The van der Waals surface area contributed by atoms with E-state index in [-0.39, 0.29) is 11.3 Å². The van der Waals surface area contributed by atoms with Crippen LogP contribution in [0.1, 0.15) is 50.8 Å². The van der Waals surface area contributed by atoms with Gasteiger partial charge in [-0.1, -0.05) is 26.0 Å². The topological polar surface area (TPSA) is 87.1 Å². The lowest BCUT2D eigenvalue weighted by Gasteiger charge is -2.35. The fourth-order valence-electron chi connectivity index (χ4n) is 3.72. The molecule has 0 amide bonds. The van der Waals surface area contributed by atoms with Gasteiger partial charge >= 0.3 is 0 Å². The Bertz CT molecular complexity index is 1010. The van der Waals surface area contributed by atoms with E-state index in [1.165, 1.54) is 11.8 Å². The molecule has 0 unspecified atom stereocenters. The Kier molecular flexibility index (Phi) is 8.74. The van der Waals surface area contributed by atoms with E-state index in [0.29, 0.717) is 23.2 Å². The normalized spacial score (nSPS) is 14.1. The summed E-state index contributed by atoms with van der Waals surface area (Å²) in [5.74, 6) is 1.11. The first-order valence-corrected chi connectivity index (χ1v) is 12.8. The van der Waals surface area contributed by atoms with Gasteiger partial charge in [0.2, 0.25) is 0 Å². The minimum Gasteiger partial charge on any atom is -0.504 e. The molecule has 2 aromatic carbocycles. The third kappa shape index (κ3) is 6.70. The smallest absolute Gasteiger partial charge is 0.175 e. The largest absolute Gasteiger partial charge is 0.504 e. The molecular formula is C25H37NO5S. The first-order valence-electron chi connectivity index (χ1n) is 10.9. The molecule has 0 saturated carbocycles. The van der Waals surface area contributed by atoms with Crippen molar-refractivity contribution in [1.82, 2.24) is 4.90 Å². The molecule has 7 heteroatoms. The summed E-state index contributed by atoms with van der Waals surface area (Å²) in [6.07, 6.45) is 3.06. The lowest BCUT2D eigenvalue weighted by atomic mass is 9.93. The zero-order valence-corrected chi connectivity index (χ0v) is 20.9. The number of hydrogen-bond donors (Lipinski definition) is 2. The average molecular weight is 464 g/mol. The van der Waals surface area contributed by atoms with Crippen LogP contribution in [0.25, 0.3) is 0 Å². The van der Waals surface area contributed by atoms with Crippen molar-refractivity contribution in [1.29, 1.82) is 0 Å². The maximum Gasteiger partial charge on any atom is 0.175 e. The first-order chi connectivity index (χ1) is 15.0. The standard InChI is InChI=1S/C24H33NO4S.CH4O/c1-17(2)16-29-23-12-18(6-9-22(23)26)10-11-24(3,4)25-14-19-7-8-21(30(5,27)28)13-20(19)15-25;1-2/h6-9,12-13,17,26H,10-11,14-16H2,1-5H3;2H,1H3. The second-order valence-corrected chi connectivity index (χ2v) is 11.4. The van der Waals surface area contributed by atoms with E-state index in [1.807, 2.05) is 24.3 Å². The summed E-state index contributed by atoms with van der Waals surface area (Å²) in [4.78, 5) is 2.79. The highest BCUT2D eigenvalue weighted by atomic mass is 32.2. The number of rotatable bonds is 8. The number of sulfone groups is 1. The Morgan fingerprint density at radius 3 is 2.34 bits per heavy atom. The van der Waals surface area contributed by atoms with Gasteiger partial charge < -0.3 is 14.9 Å². The van der Waals surface area contributed by atoms with E-state index in [4.69, 9.17) is 9.84 Å². The highest BCUT2D eigenvalue weighted by molar-refractivity contribution is 7.90. The summed E-state index contributed by atoms with van der Waals surface area (Å²) >= 11 is 0. The maximum absolute atomic E-state index is 11.9. The maximum atomic E-state index is 11.9. The van der Waals surface area contributed by atoms with Crippen LogP contribution in [0.3, 0.4) is 0 Å². The highest BCUT2D eigenvalue weighted by Crippen LogP contribution is 2.34. The van der Waals surface area contributed by atoms with E-state index >= 15 is 0 Å². The molecule has 0 atom stereocenters. The van der Waals surface area contributed by atoms with Crippen LogP contribution in [0, 0.1) is 5.92 Å². The zero-order valence-electron chi connectivity index (χ0n) is 20.1. The summed E-state index contributed by atoms with van der Waals surface area (Å²) in [5.41, 5.74) is 3.38. The Balaban J connectivity index is 0.00000176. The van der Waals surface area contributed by atoms with Crippen LogP contribution in [0.15, 0.2) is 41.3 Å².